The lowest BCUT2D eigenvalue weighted by Crippen LogP contribution is -2.39. The van der Waals surface area contributed by atoms with Gasteiger partial charge in [-0.2, -0.15) is 61.7 Å². The van der Waals surface area contributed by atoms with Gasteiger partial charge < -0.3 is 26.0 Å². The molecule has 0 amide bonds. The lowest BCUT2D eigenvalue weighted by molar-refractivity contribution is -0.0719. The zero-order valence-electron chi connectivity index (χ0n) is 56.1. The third-order valence-corrected chi connectivity index (χ3v) is 17.6. The van der Waals surface area contributed by atoms with E-state index in [0.717, 1.165) is 0 Å². The van der Waals surface area contributed by atoms with Crippen molar-refractivity contribution in [3.8, 4) is 0 Å². The Morgan fingerprint density at radius 1 is 0.329 bits per heavy atom. The van der Waals surface area contributed by atoms with E-state index in [1.54, 1.807) is 118 Å². The van der Waals surface area contributed by atoms with E-state index in [1.165, 1.54) is 0 Å². The molecular formula is C48H108Cl2F9N9O3Si11. The Labute approximate surface area is 510 Å². The highest BCUT2D eigenvalue weighted by Crippen LogP contribution is 2.26. The average molecular weight is 1410 g/mol. The molecule has 0 fully saturated rings. The molecule has 3 heterocycles. The predicted molar refractivity (Wildman–Crippen MR) is 365 cm³/mol. The van der Waals surface area contributed by atoms with Crippen LogP contribution in [0.2, 0.25) is 216 Å². The van der Waals surface area contributed by atoms with E-state index in [-0.39, 0.29) is 0 Å². The summed E-state index contributed by atoms with van der Waals surface area (Å²) in [5.74, 6) is -3.12. The van der Waals surface area contributed by atoms with Gasteiger partial charge in [-0.25, -0.2) is 15.0 Å². The Hall–Kier alpha value is -1.62. The van der Waals surface area contributed by atoms with Crippen molar-refractivity contribution in [3.63, 3.8) is 0 Å². The number of rotatable bonds is 9. The van der Waals surface area contributed by atoms with E-state index in [4.69, 9.17) is 35.4 Å². The second kappa shape index (κ2) is 34.8. The van der Waals surface area contributed by atoms with Gasteiger partial charge in [-0.1, -0.05) is 98.2 Å². The predicted octanol–water partition coefficient (Wildman–Crippen LogP) is 19.7. The number of halogens is 11. The van der Waals surface area contributed by atoms with Crippen LogP contribution in [0.15, 0.2) is 70.1 Å². The summed E-state index contributed by atoms with van der Waals surface area (Å²) in [4.78, 5) is 12.0. The Kier molecular flexibility index (Phi) is 37.8. The maximum atomic E-state index is 12.6. The fourth-order valence-corrected chi connectivity index (χ4v) is 11.8. The van der Waals surface area contributed by atoms with Crippen molar-refractivity contribution in [2.45, 2.75) is 235 Å². The lowest BCUT2D eigenvalue weighted by Gasteiger charge is -2.24. The Balaban J connectivity index is -0.000000282. The summed E-state index contributed by atoms with van der Waals surface area (Å²) in [5, 5.41) is 0. The van der Waals surface area contributed by atoms with Gasteiger partial charge >= 0.3 is 18.5 Å². The molecule has 0 radical (unpaired) electrons. The van der Waals surface area contributed by atoms with Crippen LogP contribution in [0.5, 0.6) is 0 Å². The molecule has 0 atom stereocenters. The van der Waals surface area contributed by atoms with Gasteiger partial charge in [0.15, 0.2) is 49.4 Å². The van der Waals surface area contributed by atoms with Crippen molar-refractivity contribution >= 4 is 129 Å². The molecule has 3 rings (SSSR count). The molecule has 484 valence electrons. The molecule has 0 bridgehead atoms. The summed E-state index contributed by atoms with van der Waals surface area (Å²) in [7, 11) is -18.9. The maximum Gasteiger partial charge on any atom is 0.465 e. The van der Waals surface area contributed by atoms with Crippen LogP contribution in [0.3, 0.4) is 0 Å². The summed E-state index contributed by atoms with van der Waals surface area (Å²) >= 11 is 11.3. The quantitative estimate of drug-likeness (QED) is 0.0692. The summed E-state index contributed by atoms with van der Waals surface area (Å²) in [6.45, 7) is 64.2. The van der Waals surface area contributed by atoms with E-state index in [0.29, 0.717) is 0 Å². The molecule has 0 aromatic carbocycles. The first-order valence-corrected chi connectivity index (χ1v) is 66.6. The van der Waals surface area contributed by atoms with Crippen LogP contribution in [0.4, 0.5) is 39.5 Å². The molecule has 0 spiro atoms. The van der Waals surface area contributed by atoms with Gasteiger partial charge in [0.1, 0.15) is 14.8 Å². The maximum absolute atomic E-state index is 12.6. The molecule has 3 aromatic rings. The minimum Gasteiger partial charge on any atom is -0.529 e. The second-order valence-corrected chi connectivity index (χ2v) is 86.1. The SMILES string of the molecule is C[Si](C)(C)/N=C(/O[Si](C)(C)C)C(F)(F)F.C[Si](C)(C)/N=C(/O[Si](C)(C)C)C(F)(F)F.C[Si](C)(C)/N=C(/O[Si](C)(C)C)C(F)(F)F.C[Si](C)(C)Cl.C[Si](C)(C)Cl.C[Si](C)(C)n1ccnc1.C[Si](C)(C)n1ccnc1.C[Si](C)(C)n1ccnc1. The lowest BCUT2D eigenvalue weighted by atomic mass is 10.7. The van der Waals surface area contributed by atoms with Crippen LogP contribution in [0.1, 0.15) is 0 Å². The molecule has 0 aliphatic rings. The molecule has 0 saturated heterocycles. The summed E-state index contributed by atoms with van der Waals surface area (Å²) < 4.78 is 146. The van der Waals surface area contributed by atoms with Crippen LogP contribution in [-0.2, 0) is 13.3 Å². The fraction of sp³-hybridized carbons (Fsp3) is 0.750. The molecule has 82 heavy (non-hydrogen) atoms. The van der Waals surface area contributed by atoms with Crippen LogP contribution in [0, 0.1) is 0 Å². The second-order valence-electron chi connectivity index (χ2n) is 29.5. The highest BCUT2D eigenvalue weighted by molar-refractivity contribution is 7.18. The number of aromatic nitrogens is 6. The van der Waals surface area contributed by atoms with E-state index in [2.05, 4.69) is 140 Å². The zero-order valence-corrected chi connectivity index (χ0v) is 68.6. The zero-order chi connectivity index (χ0) is 67.2. The van der Waals surface area contributed by atoms with Crippen molar-refractivity contribution in [2.75, 3.05) is 0 Å². The van der Waals surface area contributed by atoms with Crippen molar-refractivity contribution in [2.24, 2.45) is 14.0 Å². The van der Waals surface area contributed by atoms with Gasteiger partial charge in [-0.15, -0.1) is 0 Å². The highest BCUT2D eigenvalue weighted by Gasteiger charge is 2.44. The smallest absolute Gasteiger partial charge is 0.465 e. The van der Waals surface area contributed by atoms with Crippen molar-refractivity contribution in [1.82, 2.24) is 27.6 Å². The van der Waals surface area contributed by atoms with Gasteiger partial charge in [0.25, 0.3) is 17.7 Å². The van der Waals surface area contributed by atoms with Gasteiger partial charge in [0, 0.05) is 37.2 Å². The molecule has 12 nitrogen and oxygen atoms in total. The summed E-state index contributed by atoms with van der Waals surface area (Å²) in [6, 6.07) is 0. The van der Waals surface area contributed by atoms with Crippen molar-refractivity contribution in [1.29, 1.82) is 0 Å². The molecule has 34 heteroatoms. The van der Waals surface area contributed by atoms with E-state index in [1.807, 2.05) is 56.2 Å². The number of imidazole rings is 3. The highest BCUT2D eigenvalue weighted by atomic mass is 35.6. The fourth-order valence-electron chi connectivity index (χ4n) is 4.18. The summed E-state index contributed by atoms with van der Waals surface area (Å²) in [5.41, 5.74) is 0. The van der Waals surface area contributed by atoms with Crippen LogP contribution < -0.4 is 0 Å². The first-order valence-electron chi connectivity index (χ1n) is 26.7. The largest absolute Gasteiger partial charge is 0.529 e. The molecule has 0 saturated carbocycles. The average Bonchev–Trinajstić information content (AvgIpc) is 3.94. The standard InChI is InChI=1S/3C8H18F3NOSi2.3C6H12N2Si.2C3H9ClSi/c3*1-14(2,3)12-7(8(9,10)11)13-15(4,5)6;3*1-9(2,3)8-5-4-7-6-8;2*1-5(2,3)4/h3*1-6H3;3*4-6H,1-3H3;2*1-3H3/b3*12-7+;;;;;. The van der Waals surface area contributed by atoms with Crippen LogP contribution >= 0.6 is 22.2 Å². The van der Waals surface area contributed by atoms with Gasteiger partial charge in [0.05, 0.1) is 19.0 Å². The molecule has 0 unspecified atom stereocenters. The van der Waals surface area contributed by atoms with Gasteiger partial charge in [0.2, 0.25) is 25.0 Å². The molecule has 3 aromatic heterocycles. The van der Waals surface area contributed by atoms with E-state index in [9.17, 15) is 39.5 Å². The van der Waals surface area contributed by atoms with Crippen molar-refractivity contribution in [3.05, 3.63) is 56.2 Å². The topological polar surface area (TPSA) is 118 Å². The van der Waals surface area contributed by atoms with Gasteiger partial charge in [-0.05, 0) is 118 Å². The first-order chi connectivity index (χ1) is 35.3. The molecule has 0 aliphatic heterocycles. The van der Waals surface area contributed by atoms with E-state index >= 15 is 0 Å². The van der Waals surface area contributed by atoms with E-state index < -0.39 is 125 Å². The third kappa shape index (κ3) is 64.4. The Bertz CT molecular complexity index is 2000. The van der Waals surface area contributed by atoms with Crippen LogP contribution in [0.25, 0.3) is 0 Å². The Morgan fingerprint density at radius 3 is 0.537 bits per heavy atom. The van der Waals surface area contributed by atoms with Crippen molar-refractivity contribution < 1.29 is 52.8 Å². The monoisotopic (exact) mass is 1410 g/mol. The third-order valence-electron chi connectivity index (χ3n) is 7.08. The van der Waals surface area contributed by atoms with Crippen LogP contribution in [-0.4, -0.2) is 153 Å². The summed E-state index contributed by atoms with van der Waals surface area (Å²) in [6.07, 6.45) is 3.87. The number of alkyl halides is 9. The number of hydrogen-bond donors (Lipinski definition) is 0. The number of hydrogen-bond acceptors (Lipinski definition) is 9. The minimum atomic E-state index is -4.47. The number of nitrogens with zero attached hydrogens (tertiary/aromatic N) is 9. The molecule has 0 N–H and O–H groups in total. The first kappa shape index (κ1) is 89.1. The molecule has 0 aliphatic carbocycles. The Morgan fingerprint density at radius 2 is 0.476 bits per heavy atom. The molecular weight excluding hydrogens is 1300 g/mol. The normalized spacial score (nSPS) is 13.8. The minimum absolute atomic E-state index is 1.04. The van der Waals surface area contributed by atoms with Gasteiger partial charge in [-0.3, -0.25) is 14.0 Å².